The quantitative estimate of drug-likeness (QED) is 0.211. The third-order valence-corrected chi connectivity index (χ3v) is 19.6. The SMILES string of the molecule is CCCC[C@@H]1NC(=O)[C@H](Cc2cncc(Br)c2)NC(=O)CN(C)C(=O)[C@H](Cc2ccc(OC)cc2)N(C)C(=O)[C@@H]2CCN2C(=O)[C@H](C)N(C)C(=O)[C@H]([C@@H](C)CC)NC(=O)[C@H](CC)N(C)C(=O)C[C@@H](C(=O)N2CCCCC2)N(C)C(=O)[C@H](CC(C)C)NC(=O)C(C)(C)N(C)C1=O. The van der Waals surface area contributed by atoms with Gasteiger partial charge in [-0.2, -0.15) is 0 Å². The van der Waals surface area contributed by atoms with Gasteiger partial charge >= 0.3 is 0 Å². The Balaban J connectivity index is 1.62. The predicted octanol–water partition coefficient (Wildman–Crippen LogP) is 3.31. The zero-order chi connectivity index (χ0) is 70.9. The summed E-state index contributed by atoms with van der Waals surface area (Å²) in [5.41, 5.74) is -0.552. The molecule has 0 unspecified atom stereocenters. The second kappa shape index (κ2) is 35.3. The standard InChI is InChI=1S/C68H104BrN13O13/c1-17-20-24-48-62(89)80(15)68(8,9)67(94)73-50(33-41(4)5)61(88)78(13)54(65(92)81-30-22-21-23-31-81)37-56(84)77(12)51(19-3)59(86)74-57(42(6)18-2)66(93)76(11)43(7)60(87)82-32-29-52(82)64(91)79(14)53(36-44-25-27-47(95-16)28-26-44)63(90)75(10)40-55(83)71-49(58(85)72-48)35-45-34-46(69)39-70-38-45/h25-28,34,38-39,41-43,48-54,57H,17-24,29-33,35-37,40H2,1-16H3,(H,71,83)(H,72,85)(H,73,94)(H,74,86)/t42-,43-,48-,49-,50-,51-,52-,53-,54-,57-/m0/s1. The number of hydrogen-bond acceptors (Lipinski definition) is 14. The van der Waals surface area contributed by atoms with Crippen LogP contribution in [0, 0.1) is 11.8 Å². The summed E-state index contributed by atoms with van der Waals surface area (Å²) >= 11 is 3.43. The minimum atomic E-state index is -1.70. The molecule has 26 nitrogen and oxygen atoms in total. The maximum atomic E-state index is 15.1. The van der Waals surface area contributed by atoms with Crippen LogP contribution in [0.25, 0.3) is 0 Å². The van der Waals surface area contributed by atoms with Gasteiger partial charge in [-0.25, -0.2) is 0 Å². The summed E-state index contributed by atoms with van der Waals surface area (Å²) in [7, 11) is 9.97. The maximum absolute atomic E-state index is 15.1. The van der Waals surface area contributed by atoms with Crippen LogP contribution in [0.15, 0.2) is 47.2 Å². The van der Waals surface area contributed by atoms with E-state index in [-0.39, 0.29) is 51.0 Å². The minimum absolute atomic E-state index is 0.0369. The first-order valence-corrected chi connectivity index (χ1v) is 34.1. The van der Waals surface area contributed by atoms with E-state index >= 15 is 4.79 Å². The smallest absolute Gasteiger partial charge is 0.246 e. The number of nitrogens with one attached hydrogen (secondary N) is 4. The first kappa shape index (κ1) is 78.0. The molecule has 4 N–H and O–H groups in total. The summed E-state index contributed by atoms with van der Waals surface area (Å²) in [5.74, 6) is -8.06. The average molecular weight is 1390 g/mol. The number of aromatic nitrogens is 1. The summed E-state index contributed by atoms with van der Waals surface area (Å²) in [5, 5.41) is 11.4. The lowest BCUT2D eigenvalue weighted by atomic mass is 9.95. The number of benzene rings is 1. The van der Waals surface area contributed by atoms with Crippen molar-refractivity contribution in [2.45, 2.75) is 206 Å². The molecule has 1 aromatic carbocycles. The molecule has 3 aliphatic heterocycles. The maximum Gasteiger partial charge on any atom is 0.246 e. The number of nitrogens with zero attached hydrogens (tertiary/aromatic N) is 9. The van der Waals surface area contributed by atoms with Crippen LogP contribution in [-0.2, 0) is 70.4 Å². The Labute approximate surface area is 569 Å². The van der Waals surface area contributed by atoms with Crippen molar-refractivity contribution < 1.29 is 62.3 Å². The highest BCUT2D eigenvalue weighted by molar-refractivity contribution is 9.10. The highest BCUT2D eigenvalue weighted by atomic mass is 79.9. The van der Waals surface area contributed by atoms with Gasteiger partial charge in [0, 0.05) is 91.6 Å². The number of pyridine rings is 1. The van der Waals surface area contributed by atoms with Gasteiger partial charge in [0.2, 0.25) is 70.9 Å². The third kappa shape index (κ3) is 20.0. The van der Waals surface area contributed by atoms with Crippen LogP contribution >= 0.6 is 15.9 Å². The number of likely N-dealkylation sites (N-methyl/N-ethyl adjacent to an activating group) is 6. The van der Waals surface area contributed by atoms with Crippen molar-refractivity contribution >= 4 is 86.8 Å². The number of piperidine rings is 1. The topological polar surface area (TPSA) is 301 Å². The Morgan fingerprint density at radius 2 is 1.34 bits per heavy atom. The van der Waals surface area contributed by atoms with E-state index in [0.717, 1.165) is 11.3 Å². The minimum Gasteiger partial charge on any atom is -0.497 e. The molecule has 27 heteroatoms. The summed E-state index contributed by atoms with van der Waals surface area (Å²) in [6.45, 7) is 15.7. The Hall–Kier alpha value is -7.71. The van der Waals surface area contributed by atoms with E-state index in [1.807, 2.05) is 27.7 Å². The van der Waals surface area contributed by atoms with Crippen LogP contribution in [-0.4, -0.2) is 251 Å². The summed E-state index contributed by atoms with van der Waals surface area (Å²) < 4.78 is 5.95. The molecule has 4 heterocycles. The number of amides is 12. The molecule has 95 heavy (non-hydrogen) atoms. The number of methoxy groups -OCH3 is 1. The molecule has 3 saturated heterocycles. The molecule has 3 aliphatic rings. The zero-order valence-electron chi connectivity index (χ0n) is 58.6. The largest absolute Gasteiger partial charge is 0.497 e. The van der Waals surface area contributed by atoms with Crippen molar-refractivity contribution in [3.63, 3.8) is 0 Å². The number of carbonyl (C=O) groups excluding carboxylic acids is 12. The van der Waals surface area contributed by atoms with Crippen LogP contribution in [0.2, 0.25) is 0 Å². The van der Waals surface area contributed by atoms with Crippen LogP contribution in [0.5, 0.6) is 5.75 Å². The number of halogens is 1. The van der Waals surface area contributed by atoms with Crippen LogP contribution < -0.4 is 26.0 Å². The van der Waals surface area contributed by atoms with Crippen molar-refractivity contribution in [2.75, 3.05) is 75.6 Å². The fraction of sp³-hybridized carbons (Fsp3) is 0.662. The molecular weight excluding hydrogens is 1290 g/mol. The molecule has 12 amide bonds. The normalized spacial score (nSPS) is 25.7. The summed E-state index contributed by atoms with van der Waals surface area (Å²) in [6, 6.07) is -2.54. The molecule has 10 atom stereocenters. The molecule has 2 aromatic rings. The zero-order valence-corrected chi connectivity index (χ0v) is 60.2. The van der Waals surface area contributed by atoms with E-state index in [4.69, 9.17) is 4.74 Å². The van der Waals surface area contributed by atoms with E-state index in [0.29, 0.717) is 66.5 Å². The van der Waals surface area contributed by atoms with Crippen LogP contribution in [0.3, 0.4) is 0 Å². The summed E-state index contributed by atoms with van der Waals surface area (Å²) in [4.78, 5) is 191. The van der Waals surface area contributed by atoms with E-state index in [1.54, 1.807) is 55.3 Å². The molecular formula is C68H104BrN13O13. The van der Waals surface area contributed by atoms with Gasteiger partial charge in [0.05, 0.1) is 20.1 Å². The third-order valence-electron chi connectivity index (χ3n) is 19.1. The van der Waals surface area contributed by atoms with Gasteiger partial charge in [-0.1, -0.05) is 72.9 Å². The second-order valence-corrected chi connectivity index (χ2v) is 27.6. The van der Waals surface area contributed by atoms with Gasteiger partial charge in [0.15, 0.2) is 0 Å². The molecule has 1 aromatic heterocycles. The molecule has 5 rings (SSSR count). The lowest BCUT2D eigenvalue weighted by Gasteiger charge is -2.45. The van der Waals surface area contributed by atoms with Gasteiger partial charge in [0.1, 0.15) is 65.7 Å². The van der Waals surface area contributed by atoms with Gasteiger partial charge < -0.3 is 65.2 Å². The lowest BCUT2D eigenvalue weighted by Crippen LogP contribution is -2.65. The van der Waals surface area contributed by atoms with Crippen molar-refractivity contribution in [1.29, 1.82) is 0 Å². The van der Waals surface area contributed by atoms with E-state index in [1.165, 1.54) is 106 Å². The molecule has 0 spiro atoms. The van der Waals surface area contributed by atoms with Gasteiger partial charge in [0.25, 0.3) is 0 Å². The van der Waals surface area contributed by atoms with Crippen LogP contribution in [0.4, 0.5) is 0 Å². The summed E-state index contributed by atoms with van der Waals surface area (Å²) in [6.07, 6.45) is 6.57. The molecule has 0 bridgehead atoms. The lowest BCUT2D eigenvalue weighted by molar-refractivity contribution is -0.160. The molecule has 3 fully saturated rings. The Kier molecular flexibility index (Phi) is 29.0. The number of unbranched alkanes of at least 4 members (excludes halogenated alkanes) is 1. The van der Waals surface area contributed by atoms with Crippen molar-refractivity contribution in [3.05, 3.63) is 58.3 Å². The molecule has 0 aliphatic carbocycles. The van der Waals surface area contributed by atoms with Gasteiger partial charge in [-0.15, -0.1) is 0 Å². The number of likely N-dealkylation sites (tertiary alicyclic amines) is 1. The second-order valence-electron chi connectivity index (χ2n) is 26.7. The van der Waals surface area contributed by atoms with Crippen molar-refractivity contribution in [1.82, 2.24) is 65.5 Å². The highest BCUT2D eigenvalue weighted by Crippen LogP contribution is 2.27. The highest BCUT2D eigenvalue weighted by Gasteiger charge is 2.47. The number of rotatable bonds is 14. The number of fused-ring (bicyclic) bond motifs is 1. The number of hydrogen-bond donors (Lipinski definition) is 4. The van der Waals surface area contributed by atoms with E-state index in [9.17, 15) is 52.7 Å². The van der Waals surface area contributed by atoms with Gasteiger partial charge in [-0.3, -0.25) is 62.5 Å². The predicted molar refractivity (Wildman–Crippen MR) is 360 cm³/mol. The van der Waals surface area contributed by atoms with E-state index in [2.05, 4.69) is 42.2 Å². The van der Waals surface area contributed by atoms with Crippen molar-refractivity contribution in [2.24, 2.45) is 11.8 Å². The molecule has 0 radical (unpaired) electrons. The van der Waals surface area contributed by atoms with Crippen molar-refractivity contribution in [3.8, 4) is 5.75 Å². The van der Waals surface area contributed by atoms with Crippen LogP contribution in [0.1, 0.15) is 144 Å². The monoisotopic (exact) mass is 1390 g/mol. The van der Waals surface area contributed by atoms with E-state index < -0.39 is 150 Å². The number of ether oxygens (including phenoxy) is 1. The first-order chi connectivity index (χ1) is 44.7. The Bertz CT molecular complexity index is 3070. The van der Waals surface area contributed by atoms with Gasteiger partial charge in [-0.05, 0) is 123 Å². The first-order valence-electron chi connectivity index (χ1n) is 33.4. The molecule has 0 saturated carbocycles. The molecule has 526 valence electrons. The average Bonchev–Trinajstić information content (AvgIpc) is 0.792. The Morgan fingerprint density at radius 3 is 1.91 bits per heavy atom. The number of carbonyl (C=O) groups is 12. The fourth-order valence-corrected chi connectivity index (χ4v) is 12.5. The Morgan fingerprint density at radius 1 is 0.684 bits per heavy atom. The fourth-order valence-electron chi connectivity index (χ4n) is 12.1.